The first-order chi connectivity index (χ1) is 4.74. The molecule has 1 N–H and O–H groups in total. The molecule has 10 heavy (non-hydrogen) atoms. The van der Waals surface area contributed by atoms with Gasteiger partial charge in [-0.05, 0) is 6.92 Å². The maximum Gasteiger partial charge on any atom is 0.187 e. The summed E-state index contributed by atoms with van der Waals surface area (Å²) in [6, 6.07) is 0. The van der Waals surface area contributed by atoms with Gasteiger partial charge in [0.25, 0.3) is 0 Å². The van der Waals surface area contributed by atoms with Gasteiger partial charge in [0, 0.05) is 7.11 Å². The number of aliphatic hydroxyl groups excluding tert-OH is 1. The average Bonchev–Trinajstić information content (AvgIpc) is 1.94. The number of hydrogen-bond donors (Lipinski definition) is 1. The molecule has 1 aliphatic rings. The highest BCUT2D eigenvalue weighted by Crippen LogP contribution is 2.12. The van der Waals surface area contributed by atoms with E-state index in [1.165, 1.54) is 7.11 Å². The van der Waals surface area contributed by atoms with Gasteiger partial charge in [0.1, 0.15) is 6.10 Å². The maximum absolute atomic E-state index is 9.15. The van der Waals surface area contributed by atoms with Crippen molar-refractivity contribution in [2.24, 2.45) is 0 Å². The lowest BCUT2D eigenvalue weighted by molar-refractivity contribution is -0.186. The van der Waals surface area contributed by atoms with Gasteiger partial charge in [0.05, 0.1) is 6.10 Å². The van der Waals surface area contributed by atoms with E-state index in [9.17, 15) is 0 Å². The molecule has 1 heterocycles. The summed E-state index contributed by atoms with van der Waals surface area (Å²) in [6.45, 7) is 1.90. The van der Waals surface area contributed by atoms with Gasteiger partial charge >= 0.3 is 0 Å². The van der Waals surface area contributed by atoms with Crippen LogP contribution in [0.5, 0.6) is 0 Å². The Bertz CT molecular complexity index is 133. The molecule has 0 unspecified atom stereocenters. The van der Waals surface area contributed by atoms with Crippen LogP contribution in [0, 0.1) is 0 Å². The van der Waals surface area contributed by atoms with Crippen LogP contribution in [-0.2, 0) is 9.47 Å². The molecule has 0 aromatic heterocycles. The molecular formula is C7H12O3. The van der Waals surface area contributed by atoms with E-state index in [1.807, 2.05) is 6.92 Å². The summed E-state index contributed by atoms with van der Waals surface area (Å²) in [5.41, 5.74) is 0. The molecule has 0 saturated carbocycles. The minimum atomic E-state index is -0.624. The van der Waals surface area contributed by atoms with Crippen molar-refractivity contribution in [3.63, 3.8) is 0 Å². The van der Waals surface area contributed by atoms with Crippen LogP contribution in [0.1, 0.15) is 6.92 Å². The van der Waals surface area contributed by atoms with E-state index in [4.69, 9.17) is 14.6 Å². The van der Waals surface area contributed by atoms with Crippen LogP contribution in [-0.4, -0.2) is 30.7 Å². The lowest BCUT2D eigenvalue weighted by Crippen LogP contribution is -2.35. The summed E-state index contributed by atoms with van der Waals surface area (Å²) in [5.74, 6) is 0. The van der Waals surface area contributed by atoms with Crippen LogP contribution in [0.3, 0.4) is 0 Å². The normalized spacial score (nSPS) is 40.1. The Morgan fingerprint density at radius 3 is 2.70 bits per heavy atom. The first-order valence-electron chi connectivity index (χ1n) is 3.28. The molecule has 0 aliphatic carbocycles. The van der Waals surface area contributed by atoms with E-state index >= 15 is 0 Å². The number of methoxy groups -OCH3 is 1. The fraction of sp³-hybridized carbons (Fsp3) is 0.714. The third kappa shape index (κ3) is 1.56. The summed E-state index contributed by atoms with van der Waals surface area (Å²) in [6.07, 6.45) is 2.40. The predicted molar refractivity (Wildman–Crippen MR) is 36.5 cm³/mol. The zero-order valence-electron chi connectivity index (χ0n) is 6.15. The van der Waals surface area contributed by atoms with Crippen LogP contribution in [0.15, 0.2) is 12.2 Å². The van der Waals surface area contributed by atoms with Crippen molar-refractivity contribution < 1.29 is 14.6 Å². The molecule has 0 aromatic carbocycles. The van der Waals surface area contributed by atoms with Crippen LogP contribution in [0.4, 0.5) is 0 Å². The summed E-state index contributed by atoms with van der Waals surface area (Å²) in [5, 5.41) is 9.15. The van der Waals surface area contributed by atoms with Crippen molar-refractivity contribution >= 4 is 0 Å². The van der Waals surface area contributed by atoms with Crippen molar-refractivity contribution in [3.05, 3.63) is 12.2 Å². The molecule has 0 radical (unpaired) electrons. The van der Waals surface area contributed by atoms with Gasteiger partial charge in [-0.2, -0.15) is 0 Å². The minimum Gasteiger partial charge on any atom is -0.384 e. The third-order valence-electron chi connectivity index (χ3n) is 1.44. The predicted octanol–water partition coefficient (Wildman–Crippen LogP) is 0.295. The molecule has 1 aliphatic heterocycles. The molecule has 3 heteroatoms. The largest absolute Gasteiger partial charge is 0.384 e. The van der Waals surface area contributed by atoms with Gasteiger partial charge in [0.2, 0.25) is 0 Å². The SMILES string of the molecule is CO[C@H]1O[C@@H](C)C=C[C@H]1O. The van der Waals surface area contributed by atoms with Crippen molar-refractivity contribution in [1.82, 2.24) is 0 Å². The van der Waals surface area contributed by atoms with Crippen LogP contribution in [0.25, 0.3) is 0 Å². The first kappa shape index (κ1) is 7.72. The Kier molecular flexibility index (Phi) is 2.43. The second-order valence-corrected chi connectivity index (χ2v) is 2.32. The number of hydrogen-bond acceptors (Lipinski definition) is 3. The molecule has 0 fully saturated rings. The molecule has 58 valence electrons. The fourth-order valence-corrected chi connectivity index (χ4v) is 0.893. The van der Waals surface area contributed by atoms with Gasteiger partial charge < -0.3 is 14.6 Å². The summed E-state index contributed by atoms with van der Waals surface area (Å²) < 4.78 is 10.0. The molecule has 0 amide bonds. The molecule has 0 saturated heterocycles. The van der Waals surface area contributed by atoms with Crippen LogP contribution in [0.2, 0.25) is 0 Å². The fourth-order valence-electron chi connectivity index (χ4n) is 0.893. The number of rotatable bonds is 1. The Morgan fingerprint density at radius 2 is 2.20 bits per heavy atom. The van der Waals surface area contributed by atoms with Crippen LogP contribution < -0.4 is 0 Å². The number of ether oxygens (including phenoxy) is 2. The van der Waals surface area contributed by atoms with E-state index in [0.29, 0.717) is 0 Å². The molecular weight excluding hydrogens is 132 g/mol. The van der Waals surface area contributed by atoms with Gasteiger partial charge in [-0.25, -0.2) is 0 Å². The van der Waals surface area contributed by atoms with E-state index < -0.39 is 12.4 Å². The monoisotopic (exact) mass is 144 g/mol. The highest BCUT2D eigenvalue weighted by atomic mass is 16.7. The van der Waals surface area contributed by atoms with Crippen molar-refractivity contribution in [2.75, 3.05) is 7.11 Å². The Labute approximate surface area is 60.3 Å². The van der Waals surface area contributed by atoms with Gasteiger partial charge in [0.15, 0.2) is 6.29 Å². The van der Waals surface area contributed by atoms with E-state index in [2.05, 4.69) is 0 Å². The molecule has 3 atom stereocenters. The summed E-state index contributed by atoms with van der Waals surface area (Å²) >= 11 is 0. The zero-order chi connectivity index (χ0) is 7.56. The molecule has 0 aromatic rings. The van der Waals surface area contributed by atoms with E-state index in [-0.39, 0.29) is 6.10 Å². The quantitative estimate of drug-likeness (QED) is 0.538. The number of aliphatic hydroxyl groups is 1. The first-order valence-corrected chi connectivity index (χ1v) is 3.28. The molecule has 0 bridgehead atoms. The minimum absolute atomic E-state index is 0.0355. The Morgan fingerprint density at radius 1 is 1.50 bits per heavy atom. The topological polar surface area (TPSA) is 38.7 Å². The lowest BCUT2D eigenvalue weighted by Gasteiger charge is -2.26. The van der Waals surface area contributed by atoms with Crippen molar-refractivity contribution in [1.29, 1.82) is 0 Å². The Hall–Kier alpha value is -0.380. The van der Waals surface area contributed by atoms with Gasteiger partial charge in [-0.1, -0.05) is 12.2 Å². The third-order valence-corrected chi connectivity index (χ3v) is 1.44. The van der Waals surface area contributed by atoms with Crippen LogP contribution >= 0.6 is 0 Å². The maximum atomic E-state index is 9.15. The van der Waals surface area contributed by atoms with E-state index in [0.717, 1.165) is 0 Å². The van der Waals surface area contributed by atoms with Gasteiger partial charge in [-0.3, -0.25) is 0 Å². The average molecular weight is 144 g/mol. The lowest BCUT2D eigenvalue weighted by atomic mass is 10.2. The molecule has 0 spiro atoms. The Balaban J connectivity index is 2.53. The van der Waals surface area contributed by atoms with Crippen molar-refractivity contribution in [2.45, 2.75) is 25.4 Å². The zero-order valence-corrected chi connectivity index (χ0v) is 6.15. The standard InChI is InChI=1S/C7H12O3/c1-5-3-4-6(8)7(9-2)10-5/h3-8H,1-2H3/t5-,6+,7-/m0/s1. The molecule has 3 nitrogen and oxygen atoms in total. The van der Waals surface area contributed by atoms with E-state index in [1.54, 1.807) is 12.2 Å². The smallest absolute Gasteiger partial charge is 0.187 e. The summed E-state index contributed by atoms with van der Waals surface area (Å²) in [7, 11) is 1.51. The van der Waals surface area contributed by atoms with Gasteiger partial charge in [-0.15, -0.1) is 0 Å². The van der Waals surface area contributed by atoms with Crippen molar-refractivity contribution in [3.8, 4) is 0 Å². The highest BCUT2D eigenvalue weighted by Gasteiger charge is 2.22. The molecule has 1 rings (SSSR count). The summed E-state index contributed by atoms with van der Waals surface area (Å²) in [4.78, 5) is 0. The second-order valence-electron chi connectivity index (χ2n) is 2.32. The second kappa shape index (κ2) is 3.14. The highest BCUT2D eigenvalue weighted by molar-refractivity contribution is 4.98.